The lowest BCUT2D eigenvalue weighted by atomic mass is 10.1. The normalized spacial score (nSPS) is 11.6. The van der Waals surface area contributed by atoms with Gasteiger partial charge in [0.1, 0.15) is 23.3 Å². The van der Waals surface area contributed by atoms with Crippen LogP contribution in [-0.2, 0) is 9.59 Å². The molecule has 8 heteroatoms. The molecule has 0 unspecified atom stereocenters. The summed E-state index contributed by atoms with van der Waals surface area (Å²) in [6.07, 6.45) is 6.56. The number of aromatic amines is 2. The van der Waals surface area contributed by atoms with E-state index in [-0.39, 0.29) is 11.1 Å². The molecule has 0 aliphatic heterocycles. The van der Waals surface area contributed by atoms with Crippen molar-refractivity contribution in [3.05, 3.63) is 107 Å². The van der Waals surface area contributed by atoms with Gasteiger partial charge in [-0.1, -0.05) is 36.4 Å². The molecule has 3 aromatic carbocycles. The Labute approximate surface area is 217 Å². The van der Waals surface area contributed by atoms with Crippen LogP contribution in [-0.4, -0.2) is 21.8 Å². The van der Waals surface area contributed by atoms with E-state index in [2.05, 4.69) is 20.6 Å². The van der Waals surface area contributed by atoms with Crippen molar-refractivity contribution >= 4 is 57.1 Å². The Bertz CT molecular complexity index is 1690. The van der Waals surface area contributed by atoms with Crippen LogP contribution in [0.1, 0.15) is 11.1 Å². The number of nitrogens with one attached hydrogen (secondary N) is 4. The summed E-state index contributed by atoms with van der Waals surface area (Å²) in [5.74, 6) is -1.11. The van der Waals surface area contributed by atoms with E-state index < -0.39 is 11.8 Å². The van der Waals surface area contributed by atoms with Crippen molar-refractivity contribution in [3.63, 3.8) is 0 Å². The van der Waals surface area contributed by atoms with E-state index in [4.69, 9.17) is 0 Å². The summed E-state index contributed by atoms with van der Waals surface area (Å²) < 4.78 is 0. The van der Waals surface area contributed by atoms with Crippen molar-refractivity contribution in [2.45, 2.75) is 0 Å². The summed E-state index contributed by atoms with van der Waals surface area (Å²) in [4.78, 5) is 31.7. The Kier molecular flexibility index (Phi) is 6.53. The van der Waals surface area contributed by atoms with Gasteiger partial charge in [-0.3, -0.25) is 9.59 Å². The largest absolute Gasteiger partial charge is 0.361 e. The SMILES string of the molecule is N#C/C(=C/c1c[nH]c2ccccc12)C(=O)Nc1ccc(NC(=O)/C(C#N)=C\c2c[nH]c3ccccc23)cc1. The van der Waals surface area contributed by atoms with Crippen molar-refractivity contribution in [2.75, 3.05) is 10.6 Å². The molecule has 0 saturated heterocycles. The number of carbonyl (C=O) groups excluding carboxylic acids is 2. The minimum absolute atomic E-state index is 0.0480. The molecular weight excluding hydrogens is 476 g/mol. The van der Waals surface area contributed by atoms with Gasteiger partial charge in [0.05, 0.1) is 0 Å². The average Bonchev–Trinajstić information content (AvgIpc) is 3.55. The quantitative estimate of drug-likeness (QED) is 0.176. The number of H-pyrrole nitrogens is 2. The first-order chi connectivity index (χ1) is 18.6. The maximum absolute atomic E-state index is 12.7. The van der Waals surface area contributed by atoms with Gasteiger partial charge in [-0.25, -0.2) is 0 Å². The number of para-hydroxylation sites is 2. The number of hydrogen-bond donors (Lipinski definition) is 4. The second-order valence-electron chi connectivity index (χ2n) is 8.40. The molecule has 0 bridgehead atoms. The van der Waals surface area contributed by atoms with Gasteiger partial charge in [-0.2, -0.15) is 10.5 Å². The van der Waals surface area contributed by atoms with E-state index in [1.54, 1.807) is 36.7 Å². The molecule has 8 nitrogen and oxygen atoms in total. The second kappa shape index (κ2) is 10.4. The first-order valence-corrected chi connectivity index (χ1v) is 11.6. The fourth-order valence-electron chi connectivity index (χ4n) is 4.07. The Balaban J connectivity index is 1.27. The standard InChI is InChI=1S/C30H20N6O2/c31-15-19(13-21-17-33-27-7-3-1-5-25(21)27)29(37)35-23-9-11-24(12-10-23)36-30(38)20(16-32)14-22-18-34-28-8-4-2-6-26(22)28/h1-14,17-18,33-34H,(H,35,37)(H,36,38)/b19-13-,20-14-. The zero-order valence-corrected chi connectivity index (χ0v) is 19.9. The lowest BCUT2D eigenvalue weighted by Crippen LogP contribution is -2.14. The van der Waals surface area contributed by atoms with Crippen LogP contribution >= 0.6 is 0 Å². The molecule has 5 rings (SSSR count). The summed E-state index contributed by atoms with van der Waals surface area (Å²) in [6.45, 7) is 0. The maximum atomic E-state index is 12.7. The number of rotatable bonds is 6. The van der Waals surface area contributed by atoms with Crippen molar-refractivity contribution in [3.8, 4) is 12.1 Å². The molecule has 0 radical (unpaired) electrons. The average molecular weight is 497 g/mol. The molecule has 4 N–H and O–H groups in total. The fourth-order valence-corrected chi connectivity index (χ4v) is 4.07. The first kappa shape index (κ1) is 23.9. The van der Waals surface area contributed by atoms with Gasteiger partial charge in [-0.15, -0.1) is 0 Å². The molecule has 0 spiro atoms. The predicted molar refractivity (Wildman–Crippen MR) is 147 cm³/mol. The number of anilines is 2. The summed E-state index contributed by atoms with van der Waals surface area (Å²) >= 11 is 0. The minimum atomic E-state index is -0.553. The summed E-state index contributed by atoms with van der Waals surface area (Å²) in [5, 5.41) is 26.3. The third kappa shape index (κ3) is 4.92. The van der Waals surface area contributed by atoms with Crippen molar-refractivity contribution in [1.29, 1.82) is 10.5 Å². The van der Waals surface area contributed by atoms with Gasteiger partial charge in [0.25, 0.3) is 11.8 Å². The number of benzene rings is 3. The van der Waals surface area contributed by atoms with E-state index in [0.29, 0.717) is 11.4 Å². The van der Waals surface area contributed by atoms with Crippen LogP contribution in [0.5, 0.6) is 0 Å². The monoisotopic (exact) mass is 496 g/mol. The Morgan fingerprint density at radius 3 is 1.42 bits per heavy atom. The molecule has 2 heterocycles. The minimum Gasteiger partial charge on any atom is -0.361 e. The summed E-state index contributed by atoms with van der Waals surface area (Å²) in [6, 6.07) is 25.5. The van der Waals surface area contributed by atoms with Crippen LogP contribution in [0.25, 0.3) is 34.0 Å². The number of carbonyl (C=O) groups is 2. The van der Waals surface area contributed by atoms with E-state index in [9.17, 15) is 20.1 Å². The molecular formula is C30H20N6O2. The zero-order chi connectivity index (χ0) is 26.5. The van der Waals surface area contributed by atoms with Crippen molar-refractivity contribution in [1.82, 2.24) is 9.97 Å². The number of aromatic nitrogens is 2. The van der Waals surface area contributed by atoms with Gasteiger partial charge in [-0.05, 0) is 48.6 Å². The lowest BCUT2D eigenvalue weighted by molar-refractivity contribution is -0.113. The van der Waals surface area contributed by atoms with Crippen LogP contribution in [0.2, 0.25) is 0 Å². The Morgan fingerprint density at radius 2 is 1.03 bits per heavy atom. The van der Waals surface area contributed by atoms with Crippen molar-refractivity contribution in [2.24, 2.45) is 0 Å². The molecule has 2 amide bonds. The molecule has 0 atom stereocenters. The maximum Gasteiger partial charge on any atom is 0.266 e. The van der Waals surface area contributed by atoms with E-state index in [0.717, 1.165) is 32.9 Å². The van der Waals surface area contributed by atoms with Gasteiger partial charge in [0.15, 0.2) is 0 Å². The molecule has 5 aromatic rings. The highest BCUT2D eigenvalue weighted by atomic mass is 16.2. The smallest absolute Gasteiger partial charge is 0.266 e. The molecule has 38 heavy (non-hydrogen) atoms. The third-order valence-corrected chi connectivity index (χ3v) is 5.97. The highest BCUT2D eigenvalue weighted by molar-refractivity contribution is 6.12. The number of fused-ring (bicyclic) bond motifs is 2. The highest BCUT2D eigenvalue weighted by Crippen LogP contribution is 2.23. The number of nitriles is 2. The van der Waals surface area contributed by atoms with Crippen LogP contribution in [0.3, 0.4) is 0 Å². The third-order valence-electron chi connectivity index (χ3n) is 5.97. The highest BCUT2D eigenvalue weighted by Gasteiger charge is 2.13. The van der Waals surface area contributed by atoms with E-state index in [1.165, 1.54) is 12.2 Å². The Morgan fingerprint density at radius 1 is 0.632 bits per heavy atom. The zero-order valence-electron chi connectivity index (χ0n) is 19.9. The van der Waals surface area contributed by atoms with Gasteiger partial charge < -0.3 is 20.6 Å². The van der Waals surface area contributed by atoms with E-state index >= 15 is 0 Å². The van der Waals surface area contributed by atoms with Crippen LogP contribution < -0.4 is 10.6 Å². The first-order valence-electron chi connectivity index (χ1n) is 11.6. The molecule has 2 aromatic heterocycles. The molecule has 0 aliphatic rings. The fraction of sp³-hybridized carbons (Fsp3) is 0. The molecule has 0 fully saturated rings. The number of amides is 2. The summed E-state index contributed by atoms with van der Waals surface area (Å²) in [5.41, 5.74) is 4.08. The summed E-state index contributed by atoms with van der Waals surface area (Å²) in [7, 11) is 0. The van der Waals surface area contributed by atoms with E-state index in [1.807, 2.05) is 60.7 Å². The Hall–Kier alpha value is -5.86. The van der Waals surface area contributed by atoms with Gasteiger partial charge in [0, 0.05) is 56.7 Å². The van der Waals surface area contributed by atoms with Crippen molar-refractivity contribution < 1.29 is 9.59 Å². The number of hydrogen-bond acceptors (Lipinski definition) is 4. The van der Waals surface area contributed by atoms with Crippen LogP contribution in [0, 0.1) is 22.7 Å². The van der Waals surface area contributed by atoms with Gasteiger partial charge in [0.2, 0.25) is 0 Å². The molecule has 0 aliphatic carbocycles. The van der Waals surface area contributed by atoms with Gasteiger partial charge >= 0.3 is 0 Å². The molecule has 182 valence electrons. The van der Waals surface area contributed by atoms with Crippen LogP contribution in [0.15, 0.2) is 96.3 Å². The second-order valence-corrected chi connectivity index (χ2v) is 8.40. The topological polar surface area (TPSA) is 137 Å². The lowest BCUT2D eigenvalue weighted by Gasteiger charge is -2.07. The van der Waals surface area contributed by atoms with Crippen LogP contribution in [0.4, 0.5) is 11.4 Å². The number of nitrogens with zero attached hydrogens (tertiary/aromatic N) is 2. The predicted octanol–water partition coefficient (Wildman–Crippen LogP) is 5.74. The molecule has 0 saturated carbocycles.